The van der Waals surface area contributed by atoms with Crippen molar-refractivity contribution >= 4 is 59.4 Å². The van der Waals surface area contributed by atoms with Gasteiger partial charge in [0.25, 0.3) is 6.47 Å². The predicted molar refractivity (Wildman–Crippen MR) is 148 cm³/mol. The molecule has 34 heavy (non-hydrogen) atoms. The van der Waals surface area contributed by atoms with Gasteiger partial charge in [0.05, 0.1) is 32.5 Å². The largest absolute Gasteiger partial charge is 0.462 e. The molecule has 0 aliphatic rings. The number of anilines is 1. The zero-order valence-corrected chi connectivity index (χ0v) is 22.7. The normalized spacial score (nSPS) is 11.2. The average Bonchev–Trinajstić information content (AvgIpc) is 3.20. The van der Waals surface area contributed by atoms with Crippen LogP contribution in [0.2, 0.25) is 0 Å². The van der Waals surface area contributed by atoms with Gasteiger partial charge >= 0.3 is 0 Å². The van der Waals surface area contributed by atoms with Crippen molar-refractivity contribution < 1.29 is 13.7 Å². The van der Waals surface area contributed by atoms with Gasteiger partial charge < -0.3 is 13.8 Å². The summed E-state index contributed by atoms with van der Waals surface area (Å²) >= 11 is 2.15. The van der Waals surface area contributed by atoms with E-state index in [-0.39, 0.29) is 5.60 Å². The van der Waals surface area contributed by atoms with Gasteiger partial charge in [-0.2, -0.15) is 0 Å². The van der Waals surface area contributed by atoms with Gasteiger partial charge in [0, 0.05) is 46.7 Å². The molecular weight excluding hydrogens is 563 g/mol. The van der Waals surface area contributed by atoms with Crippen molar-refractivity contribution in [1.29, 1.82) is 0 Å². The number of para-hydroxylation sites is 2. The summed E-state index contributed by atoms with van der Waals surface area (Å²) in [5.74, 6) is 0.725. The molecule has 9 heteroatoms. The third kappa shape index (κ3) is 7.07. The second-order valence-corrected chi connectivity index (χ2v) is 10.0. The number of aromatic nitrogens is 3. The second-order valence-electron chi connectivity index (χ2n) is 8.60. The Morgan fingerprint density at radius 3 is 2.50 bits per heavy atom. The fourth-order valence-electron chi connectivity index (χ4n) is 3.36. The van der Waals surface area contributed by atoms with Crippen LogP contribution in [0.4, 0.5) is 5.69 Å². The van der Waals surface area contributed by atoms with Crippen molar-refractivity contribution in [3.05, 3.63) is 60.8 Å². The van der Waals surface area contributed by atoms with Crippen LogP contribution in [0.3, 0.4) is 0 Å². The highest BCUT2D eigenvalue weighted by Gasteiger charge is 2.11. The van der Waals surface area contributed by atoms with Crippen LogP contribution in [-0.4, -0.2) is 46.6 Å². The first-order valence-electron chi connectivity index (χ1n) is 10.9. The highest BCUT2D eigenvalue weighted by Crippen LogP contribution is 2.26. The number of imidazole rings is 1. The second kappa shape index (κ2) is 12.4. The molecule has 0 bridgehead atoms. The SMILES string of the molecule is CC(C)(C)OC=O.CN(CCCOSI)c1ccc(-c2ccnc3nc4ccccc4n23)cc1. The maximum absolute atomic E-state index is 9.60. The lowest BCUT2D eigenvalue weighted by atomic mass is 10.1. The van der Waals surface area contributed by atoms with Crippen LogP contribution < -0.4 is 4.90 Å². The molecule has 0 saturated heterocycles. The van der Waals surface area contributed by atoms with E-state index < -0.39 is 0 Å². The van der Waals surface area contributed by atoms with Crippen molar-refractivity contribution in [2.45, 2.75) is 32.8 Å². The number of halogens is 1. The minimum atomic E-state index is -0.318. The van der Waals surface area contributed by atoms with E-state index in [1.807, 2.05) is 51.2 Å². The molecule has 0 aliphatic heterocycles. The minimum Gasteiger partial charge on any atom is -0.462 e. The molecule has 0 radical (unpaired) electrons. The summed E-state index contributed by atoms with van der Waals surface area (Å²) in [6.45, 7) is 7.64. The summed E-state index contributed by atoms with van der Waals surface area (Å²) in [5, 5.41) is 0. The van der Waals surface area contributed by atoms with Gasteiger partial charge in [-0.05, 0) is 63.1 Å². The van der Waals surface area contributed by atoms with Crippen molar-refractivity contribution in [2.24, 2.45) is 0 Å². The molecule has 7 nitrogen and oxygen atoms in total. The molecule has 4 rings (SSSR count). The van der Waals surface area contributed by atoms with E-state index in [9.17, 15) is 4.79 Å². The minimum absolute atomic E-state index is 0.318. The van der Waals surface area contributed by atoms with Crippen LogP contribution in [0.15, 0.2) is 60.8 Å². The van der Waals surface area contributed by atoms with Gasteiger partial charge in [0.15, 0.2) is 0 Å². The number of carbonyl (C=O) groups is 1. The van der Waals surface area contributed by atoms with Gasteiger partial charge in [-0.3, -0.25) is 9.20 Å². The first kappa shape index (κ1) is 26.2. The molecule has 2 heterocycles. The maximum atomic E-state index is 9.60. The first-order valence-corrected chi connectivity index (χ1v) is 14.2. The van der Waals surface area contributed by atoms with Crippen LogP contribution >= 0.6 is 30.4 Å². The summed E-state index contributed by atoms with van der Waals surface area (Å²) in [4.78, 5) is 20.9. The molecule has 4 aromatic rings. The van der Waals surface area contributed by atoms with Gasteiger partial charge in [0.1, 0.15) is 5.60 Å². The topological polar surface area (TPSA) is 69.0 Å². The highest BCUT2D eigenvalue weighted by molar-refractivity contribution is 14.2. The first-order chi connectivity index (χ1) is 16.3. The molecule has 0 spiro atoms. The van der Waals surface area contributed by atoms with E-state index in [2.05, 4.69) is 82.6 Å². The summed E-state index contributed by atoms with van der Waals surface area (Å²) in [6, 6.07) is 18.8. The molecule has 0 N–H and O–H groups in total. The lowest BCUT2D eigenvalue weighted by Crippen LogP contribution is -2.19. The fraction of sp³-hybridized carbons (Fsp3) is 0.320. The summed E-state index contributed by atoms with van der Waals surface area (Å²) in [6.07, 6.45) is 2.82. The van der Waals surface area contributed by atoms with Crippen LogP contribution in [-0.2, 0) is 13.7 Å². The van der Waals surface area contributed by atoms with Crippen molar-refractivity contribution in [3.8, 4) is 11.3 Å². The maximum Gasteiger partial charge on any atom is 0.293 e. The van der Waals surface area contributed by atoms with Crippen LogP contribution in [0.1, 0.15) is 27.2 Å². The van der Waals surface area contributed by atoms with Gasteiger partial charge in [-0.25, -0.2) is 9.97 Å². The third-order valence-electron chi connectivity index (χ3n) is 4.98. The highest BCUT2D eigenvalue weighted by atomic mass is 127. The number of fused-ring (bicyclic) bond motifs is 3. The fourth-order valence-corrected chi connectivity index (χ4v) is 4.08. The van der Waals surface area contributed by atoms with Crippen molar-refractivity contribution in [3.63, 3.8) is 0 Å². The van der Waals surface area contributed by atoms with Gasteiger partial charge in [-0.1, -0.05) is 24.3 Å². The number of hydrogen-bond donors (Lipinski definition) is 0. The van der Waals surface area contributed by atoms with Crippen molar-refractivity contribution in [1.82, 2.24) is 14.4 Å². The van der Waals surface area contributed by atoms with Crippen LogP contribution in [0.5, 0.6) is 0 Å². The Kier molecular flexibility index (Phi) is 9.54. The molecule has 0 amide bonds. The molecule has 180 valence electrons. The molecule has 0 fully saturated rings. The molecule has 0 aliphatic carbocycles. The van der Waals surface area contributed by atoms with E-state index >= 15 is 0 Å². The Balaban J connectivity index is 0.000000406. The summed E-state index contributed by atoms with van der Waals surface area (Å²) in [5.41, 5.74) is 5.15. The molecule has 2 aromatic heterocycles. The number of ether oxygens (including phenoxy) is 1. The van der Waals surface area contributed by atoms with E-state index in [0.29, 0.717) is 6.47 Å². The zero-order chi connectivity index (χ0) is 24.6. The van der Waals surface area contributed by atoms with E-state index in [1.54, 1.807) is 0 Å². The summed E-state index contributed by atoms with van der Waals surface area (Å²) < 4.78 is 12.0. The zero-order valence-electron chi connectivity index (χ0n) is 19.8. The third-order valence-corrected chi connectivity index (χ3v) is 6.00. The number of hydrogen-bond acceptors (Lipinski definition) is 7. The smallest absolute Gasteiger partial charge is 0.293 e. The predicted octanol–water partition coefficient (Wildman–Crippen LogP) is 6.35. The number of rotatable bonds is 8. The Bertz CT molecular complexity index is 1210. The molecule has 0 saturated carbocycles. The summed E-state index contributed by atoms with van der Waals surface area (Å²) in [7, 11) is 3.50. The number of benzene rings is 2. The Hall–Kier alpha value is -2.37. The van der Waals surface area contributed by atoms with Crippen molar-refractivity contribution in [2.75, 3.05) is 25.1 Å². The van der Waals surface area contributed by atoms with E-state index in [0.717, 1.165) is 47.6 Å². The lowest BCUT2D eigenvalue weighted by molar-refractivity contribution is -0.138. The quantitative estimate of drug-likeness (QED) is 0.102. The Labute approximate surface area is 216 Å². The van der Waals surface area contributed by atoms with E-state index in [1.165, 1.54) is 14.9 Å². The van der Waals surface area contributed by atoms with Crippen LogP contribution in [0.25, 0.3) is 28.1 Å². The number of carbonyl (C=O) groups excluding carboxylic acids is 1. The molecule has 2 aromatic carbocycles. The molecular formula is C25H29IN4O3S. The van der Waals surface area contributed by atoms with Crippen LogP contribution in [0, 0.1) is 0 Å². The average molecular weight is 593 g/mol. The Morgan fingerprint density at radius 2 is 1.85 bits per heavy atom. The van der Waals surface area contributed by atoms with Gasteiger partial charge in [-0.15, -0.1) is 0 Å². The Morgan fingerprint density at radius 1 is 1.12 bits per heavy atom. The monoisotopic (exact) mass is 592 g/mol. The molecule has 0 atom stereocenters. The lowest BCUT2D eigenvalue weighted by Gasteiger charge is -2.19. The van der Waals surface area contributed by atoms with E-state index in [4.69, 9.17) is 4.18 Å². The van der Waals surface area contributed by atoms with Gasteiger partial charge in [0.2, 0.25) is 5.78 Å². The number of nitrogens with zero attached hydrogens (tertiary/aromatic N) is 4. The molecule has 0 unspecified atom stereocenters. The standard InChI is InChI=1S/C20H19IN4OS.C5H10O2/c1-24(13-4-14-26-27-21)16-9-7-15(8-10-16)18-11-12-22-20-23-17-5-2-3-6-19(17)25(18)20;1-5(2,3)7-4-6/h2-3,5-12H,4,13-14H2,1H3;4H,1-3H3.